The number of amides is 1. The summed E-state index contributed by atoms with van der Waals surface area (Å²) in [6.45, 7) is 8.19. The molecule has 0 bridgehead atoms. The van der Waals surface area contributed by atoms with Crippen LogP contribution in [0.5, 0.6) is 0 Å². The summed E-state index contributed by atoms with van der Waals surface area (Å²) in [7, 11) is 0. The number of carbonyl (C=O) groups is 2. The second-order valence-corrected chi connectivity index (χ2v) is 5.13. The molecule has 0 aromatic rings. The van der Waals surface area contributed by atoms with Crippen LogP contribution in [-0.2, 0) is 14.3 Å². The van der Waals surface area contributed by atoms with E-state index in [2.05, 4.69) is 0 Å². The standard InChI is InChI=1S/C14H26N2O3S/c1-5-9-16(10-11(17)19-8-4)13(18)14(6-2,7-3)12(15)20/h5-10H2,1-4H3,(H2,15,20). The van der Waals surface area contributed by atoms with Gasteiger partial charge in [0, 0.05) is 6.54 Å². The predicted molar refractivity (Wildman–Crippen MR) is 83.3 cm³/mol. The Morgan fingerprint density at radius 2 is 1.75 bits per heavy atom. The van der Waals surface area contributed by atoms with Gasteiger partial charge in [-0.25, -0.2) is 0 Å². The van der Waals surface area contributed by atoms with Gasteiger partial charge in [-0.3, -0.25) is 9.59 Å². The number of nitrogens with two attached hydrogens (primary N) is 1. The molecule has 5 nitrogen and oxygen atoms in total. The van der Waals surface area contributed by atoms with Crippen molar-refractivity contribution >= 4 is 29.1 Å². The second-order valence-electron chi connectivity index (χ2n) is 4.69. The molecule has 6 heteroatoms. The third kappa shape index (κ3) is 4.44. The van der Waals surface area contributed by atoms with Gasteiger partial charge in [0.15, 0.2) is 0 Å². The molecule has 116 valence electrons. The van der Waals surface area contributed by atoms with Gasteiger partial charge in [-0.05, 0) is 26.2 Å². The van der Waals surface area contributed by atoms with E-state index in [4.69, 9.17) is 22.7 Å². The number of rotatable bonds is 9. The zero-order valence-electron chi connectivity index (χ0n) is 12.9. The molecule has 0 spiro atoms. The van der Waals surface area contributed by atoms with Crippen molar-refractivity contribution in [2.24, 2.45) is 11.1 Å². The van der Waals surface area contributed by atoms with Crippen LogP contribution in [-0.4, -0.2) is 41.5 Å². The highest BCUT2D eigenvalue weighted by Crippen LogP contribution is 2.29. The van der Waals surface area contributed by atoms with Gasteiger partial charge in [0.25, 0.3) is 0 Å². The van der Waals surface area contributed by atoms with Crippen molar-refractivity contribution in [2.75, 3.05) is 19.7 Å². The third-order valence-corrected chi connectivity index (χ3v) is 3.88. The lowest BCUT2D eigenvalue weighted by Gasteiger charge is -2.34. The van der Waals surface area contributed by atoms with Gasteiger partial charge in [0.2, 0.25) is 5.91 Å². The molecule has 1 amide bonds. The van der Waals surface area contributed by atoms with Crippen molar-refractivity contribution in [3.05, 3.63) is 0 Å². The van der Waals surface area contributed by atoms with Crippen LogP contribution in [0.3, 0.4) is 0 Å². The van der Waals surface area contributed by atoms with E-state index in [0.717, 1.165) is 6.42 Å². The Hall–Kier alpha value is -1.17. The highest BCUT2D eigenvalue weighted by molar-refractivity contribution is 7.80. The topological polar surface area (TPSA) is 72.6 Å². The first-order valence-corrected chi connectivity index (χ1v) is 7.55. The van der Waals surface area contributed by atoms with Gasteiger partial charge in [-0.1, -0.05) is 33.0 Å². The summed E-state index contributed by atoms with van der Waals surface area (Å²) in [5.41, 5.74) is 4.92. The zero-order valence-corrected chi connectivity index (χ0v) is 13.7. The van der Waals surface area contributed by atoms with E-state index >= 15 is 0 Å². The number of ether oxygens (including phenoxy) is 1. The summed E-state index contributed by atoms with van der Waals surface area (Å²) >= 11 is 5.09. The SMILES string of the molecule is CCCN(CC(=O)OCC)C(=O)C(CC)(CC)C(N)=S. The summed E-state index contributed by atoms with van der Waals surface area (Å²) in [6.07, 6.45) is 1.81. The first kappa shape index (κ1) is 18.8. The quantitative estimate of drug-likeness (QED) is 0.520. The van der Waals surface area contributed by atoms with E-state index < -0.39 is 11.4 Å². The molecule has 0 aromatic carbocycles. The Bertz CT molecular complexity index is 354. The lowest BCUT2D eigenvalue weighted by molar-refractivity contribution is -0.151. The molecule has 0 atom stereocenters. The largest absolute Gasteiger partial charge is 0.465 e. The minimum Gasteiger partial charge on any atom is -0.465 e. The molecule has 0 heterocycles. The van der Waals surface area contributed by atoms with Gasteiger partial charge in [-0.15, -0.1) is 0 Å². The number of thiocarbonyl (C=S) groups is 1. The maximum absolute atomic E-state index is 12.7. The molecular formula is C14H26N2O3S. The fourth-order valence-corrected chi connectivity index (χ4v) is 2.57. The summed E-state index contributed by atoms with van der Waals surface area (Å²) in [5, 5.41) is 0. The first-order chi connectivity index (χ1) is 9.39. The highest BCUT2D eigenvalue weighted by atomic mass is 32.1. The summed E-state index contributed by atoms with van der Waals surface area (Å²) in [6, 6.07) is 0. The maximum Gasteiger partial charge on any atom is 0.325 e. The van der Waals surface area contributed by atoms with E-state index in [-0.39, 0.29) is 17.4 Å². The van der Waals surface area contributed by atoms with E-state index in [1.165, 1.54) is 4.90 Å². The molecule has 0 saturated carbocycles. The third-order valence-electron chi connectivity index (χ3n) is 3.49. The fraction of sp³-hybridized carbons (Fsp3) is 0.786. The lowest BCUT2D eigenvalue weighted by Crippen LogP contribution is -2.51. The monoisotopic (exact) mass is 302 g/mol. The van der Waals surface area contributed by atoms with Crippen molar-refractivity contribution in [2.45, 2.75) is 47.0 Å². The molecule has 0 aromatic heterocycles. The minimum atomic E-state index is -0.864. The first-order valence-electron chi connectivity index (χ1n) is 7.14. The zero-order chi connectivity index (χ0) is 15.8. The Morgan fingerprint density at radius 3 is 2.10 bits per heavy atom. The van der Waals surface area contributed by atoms with Gasteiger partial charge in [0.1, 0.15) is 6.54 Å². The number of esters is 1. The van der Waals surface area contributed by atoms with Crippen LogP contribution in [0.25, 0.3) is 0 Å². The molecule has 0 fully saturated rings. The fourth-order valence-electron chi connectivity index (χ4n) is 2.19. The van der Waals surface area contributed by atoms with Crippen LogP contribution in [0.15, 0.2) is 0 Å². The molecule has 0 rings (SSSR count). The average Bonchev–Trinajstić information content (AvgIpc) is 2.40. The van der Waals surface area contributed by atoms with Crippen LogP contribution >= 0.6 is 12.2 Å². The van der Waals surface area contributed by atoms with Gasteiger partial charge >= 0.3 is 5.97 Å². The van der Waals surface area contributed by atoms with E-state index in [0.29, 0.717) is 26.0 Å². The molecule has 0 unspecified atom stereocenters. The number of carbonyl (C=O) groups excluding carboxylic acids is 2. The van der Waals surface area contributed by atoms with Gasteiger partial charge in [-0.2, -0.15) is 0 Å². The predicted octanol–water partition coefficient (Wildman–Crippen LogP) is 1.88. The summed E-state index contributed by atoms with van der Waals surface area (Å²) < 4.78 is 4.91. The van der Waals surface area contributed by atoms with Crippen LogP contribution in [0.2, 0.25) is 0 Å². The molecule has 0 saturated heterocycles. The Kier molecular flexibility index (Phi) is 8.37. The molecule has 0 aliphatic rings. The molecule has 2 N–H and O–H groups in total. The number of nitrogens with zero attached hydrogens (tertiary/aromatic N) is 1. The van der Waals surface area contributed by atoms with Crippen LogP contribution in [0, 0.1) is 5.41 Å². The molecule has 0 radical (unpaired) electrons. The van der Waals surface area contributed by atoms with Crippen LogP contribution in [0.4, 0.5) is 0 Å². The minimum absolute atomic E-state index is 0.0507. The number of hydrogen-bond acceptors (Lipinski definition) is 4. The molecule has 0 aliphatic carbocycles. The Labute approximate surface area is 126 Å². The smallest absolute Gasteiger partial charge is 0.325 e. The van der Waals surface area contributed by atoms with Gasteiger partial charge < -0.3 is 15.4 Å². The van der Waals surface area contributed by atoms with Crippen molar-refractivity contribution in [3.63, 3.8) is 0 Å². The van der Waals surface area contributed by atoms with E-state index in [1.807, 2.05) is 20.8 Å². The Balaban J connectivity index is 5.20. The average molecular weight is 302 g/mol. The van der Waals surface area contributed by atoms with Crippen LogP contribution < -0.4 is 5.73 Å². The van der Waals surface area contributed by atoms with E-state index in [1.54, 1.807) is 6.92 Å². The Morgan fingerprint density at radius 1 is 1.20 bits per heavy atom. The normalized spacial score (nSPS) is 11.0. The molecular weight excluding hydrogens is 276 g/mol. The van der Waals surface area contributed by atoms with Crippen molar-refractivity contribution < 1.29 is 14.3 Å². The van der Waals surface area contributed by atoms with Crippen molar-refractivity contribution in [1.82, 2.24) is 4.90 Å². The molecule has 20 heavy (non-hydrogen) atoms. The summed E-state index contributed by atoms with van der Waals surface area (Å²) in [4.78, 5) is 26.1. The van der Waals surface area contributed by atoms with E-state index in [9.17, 15) is 9.59 Å². The highest BCUT2D eigenvalue weighted by Gasteiger charge is 2.41. The summed E-state index contributed by atoms with van der Waals surface area (Å²) in [5.74, 6) is -0.580. The van der Waals surface area contributed by atoms with Crippen molar-refractivity contribution in [1.29, 1.82) is 0 Å². The van der Waals surface area contributed by atoms with Gasteiger partial charge in [0.05, 0.1) is 17.0 Å². The maximum atomic E-state index is 12.7. The van der Waals surface area contributed by atoms with Crippen LogP contribution in [0.1, 0.15) is 47.0 Å². The second kappa shape index (κ2) is 8.89. The number of hydrogen-bond donors (Lipinski definition) is 1. The molecule has 0 aliphatic heterocycles. The van der Waals surface area contributed by atoms with Crippen molar-refractivity contribution in [3.8, 4) is 0 Å². The lowest BCUT2D eigenvalue weighted by atomic mass is 9.80.